The van der Waals surface area contributed by atoms with Gasteiger partial charge in [0.15, 0.2) is 0 Å². The van der Waals surface area contributed by atoms with Crippen LogP contribution in [-0.4, -0.2) is 30.8 Å². The van der Waals surface area contributed by atoms with E-state index in [1.807, 2.05) is 0 Å². The zero-order valence-electron chi connectivity index (χ0n) is 8.83. The molecule has 13 heavy (non-hydrogen) atoms. The summed E-state index contributed by atoms with van der Waals surface area (Å²) in [6.07, 6.45) is 7.06. The van der Waals surface area contributed by atoms with Crippen LogP contribution >= 0.6 is 0 Å². The highest BCUT2D eigenvalue weighted by Gasteiger charge is 2.30. The van der Waals surface area contributed by atoms with Crippen molar-refractivity contribution in [3.63, 3.8) is 0 Å². The summed E-state index contributed by atoms with van der Waals surface area (Å²) in [5.41, 5.74) is 0. The predicted octanol–water partition coefficient (Wildman–Crippen LogP) is 2.24. The van der Waals surface area contributed by atoms with Crippen LogP contribution in [0.4, 0.5) is 0 Å². The van der Waals surface area contributed by atoms with Gasteiger partial charge in [0.05, 0.1) is 0 Å². The first-order valence-electron chi connectivity index (χ1n) is 5.61. The Morgan fingerprint density at radius 3 is 2.62 bits per heavy atom. The lowest BCUT2D eigenvalue weighted by molar-refractivity contribution is -0.0268. The lowest BCUT2D eigenvalue weighted by Gasteiger charge is -2.29. The Bertz CT molecular complexity index is 165. The molecule has 2 nitrogen and oxygen atoms in total. The van der Waals surface area contributed by atoms with E-state index < -0.39 is 0 Å². The topological polar surface area (TPSA) is 12.5 Å². The molecule has 3 atom stereocenters. The average Bonchev–Trinajstić information content (AvgIpc) is 2.72. The smallest absolute Gasteiger partial charge is 0.110 e. The molecule has 1 aliphatic heterocycles. The standard InChI is InChI=1S/C11H21NO/c1-9-5-6-10(8-9)12(2)11-4-3-7-13-11/h9-11H,3-8H2,1-2H3. The predicted molar refractivity (Wildman–Crippen MR) is 53.5 cm³/mol. The molecule has 0 aromatic carbocycles. The molecule has 1 heterocycles. The van der Waals surface area contributed by atoms with E-state index in [0.717, 1.165) is 18.6 Å². The Kier molecular flexibility index (Phi) is 2.89. The van der Waals surface area contributed by atoms with Crippen molar-refractivity contribution in [3.8, 4) is 0 Å². The molecule has 2 rings (SSSR count). The Hall–Kier alpha value is -0.0800. The van der Waals surface area contributed by atoms with Crippen LogP contribution in [0.2, 0.25) is 0 Å². The van der Waals surface area contributed by atoms with Crippen molar-refractivity contribution in [2.24, 2.45) is 5.92 Å². The van der Waals surface area contributed by atoms with Crippen molar-refractivity contribution in [3.05, 3.63) is 0 Å². The lowest BCUT2D eigenvalue weighted by atomic mass is 10.1. The second-order valence-electron chi connectivity index (χ2n) is 4.71. The van der Waals surface area contributed by atoms with Gasteiger partial charge in [-0.15, -0.1) is 0 Å². The van der Waals surface area contributed by atoms with E-state index in [9.17, 15) is 0 Å². The molecule has 0 aromatic rings. The molecule has 0 aromatic heterocycles. The summed E-state index contributed by atoms with van der Waals surface area (Å²) in [6.45, 7) is 3.33. The van der Waals surface area contributed by atoms with Crippen molar-refractivity contribution in [2.75, 3.05) is 13.7 Å². The molecule has 0 amide bonds. The van der Waals surface area contributed by atoms with Crippen molar-refractivity contribution in [2.45, 2.75) is 51.3 Å². The zero-order chi connectivity index (χ0) is 9.26. The molecule has 3 unspecified atom stereocenters. The summed E-state index contributed by atoms with van der Waals surface area (Å²) in [4.78, 5) is 2.47. The Morgan fingerprint density at radius 2 is 2.08 bits per heavy atom. The number of ether oxygens (including phenoxy) is 1. The van der Waals surface area contributed by atoms with Crippen LogP contribution in [0.1, 0.15) is 39.0 Å². The maximum atomic E-state index is 5.69. The number of hydrogen-bond acceptors (Lipinski definition) is 2. The summed E-state index contributed by atoms with van der Waals surface area (Å²) in [6, 6.07) is 0.790. The monoisotopic (exact) mass is 183 g/mol. The summed E-state index contributed by atoms with van der Waals surface area (Å²) in [5.74, 6) is 0.925. The van der Waals surface area contributed by atoms with Crippen LogP contribution in [0.15, 0.2) is 0 Å². The van der Waals surface area contributed by atoms with Gasteiger partial charge in [0.2, 0.25) is 0 Å². The SMILES string of the molecule is CC1CCC(N(C)C2CCCO2)C1. The number of hydrogen-bond donors (Lipinski definition) is 0. The quantitative estimate of drug-likeness (QED) is 0.651. The third-order valence-corrected chi connectivity index (χ3v) is 3.60. The summed E-state index contributed by atoms with van der Waals surface area (Å²) < 4.78 is 5.69. The fourth-order valence-electron chi connectivity index (χ4n) is 2.66. The van der Waals surface area contributed by atoms with Gasteiger partial charge in [0.1, 0.15) is 6.23 Å². The first kappa shape index (κ1) is 9.47. The molecule has 0 radical (unpaired) electrons. The Labute approximate surface area is 81.3 Å². The molecule has 2 heteroatoms. The molecule has 0 spiro atoms. The number of rotatable bonds is 2. The third-order valence-electron chi connectivity index (χ3n) is 3.60. The molecule has 0 bridgehead atoms. The van der Waals surface area contributed by atoms with E-state index in [0.29, 0.717) is 6.23 Å². The van der Waals surface area contributed by atoms with Crippen molar-refractivity contribution >= 4 is 0 Å². The molecule has 2 aliphatic rings. The van der Waals surface area contributed by atoms with Gasteiger partial charge in [0.25, 0.3) is 0 Å². The molecule has 2 fully saturated rings. The fraction of sp³-hybridized carbons (Fsp3) is 1.00. The van der Waals surface area contributed by atoms with Crippen LogP contribution in [0, 0.1) is 5.92 Å². The highest BCUT2D eigenvalue weighted by atomic mass is 16.5. The van der Waals surface area contributed by atoms with Gasteiger partial charge in [-0.05, 0) is 45.1 Å². The van der Waals surface area contributed by atoms with Gasteiger partial charge in [-0.1, -0.05) is 6.92 Å². The Morgan fingerprint density at radius 1 is 1.23 bits per heavy atom. The van der Waals surface area contributed by atoms with Gasteiger partial charge in [0, 0.05) is 12.6 Å². The average molecular weight is 183 g/mol. The molecular weight excluding hydrogens is 162 g/mol. The van der Waals surface area contributed by atoms with Crippen molar-refractivity contribution < 1.29 is 4.74 Å². The third kappa shape index (κ3) is 2.05. The van der Waals surface area contributed by atoms with E-state index in [4.69, 9.17) is 4.74 Å². The van der Waals surface area contributed by atoms with Crippen LogP contribution in [0.3, 0.4) is 0 Å². The first-order chi connectivity index (χ1) is 6.27. The summed E-state index contributed by atoms with van der Waals surface area (Å²) in [7, 11) is 2.23. The minimum absolute atomic E-state index is 0.426. The summed E-state index contributed by atoms with van der Waals surface area (Å²) >= 11 is 0. The maximum Gasteiger partial charge on any atom is 0.110 e. The van der Waals surface area contributed by atoms with Crippen LogP contribution in [0.25, 0.3) is 0 Å². The molecule has 0 N–H and O–H groups in total. The largest absolute Gasteiger partial charge is 0.363 e. The van der Waals surface area contributed by atoms with E-state index in [2.05, 4.69) is 18.9 Å². The van der Waals surface area contributed by atoms with Crippen molar-refractivity contribution in [1.29, 1.82) is 0 Å². The van der Waals surface area contributed by atoms with E-state index >= 15 is 0 Å². The second kappa shape index (κ2) is 3.97. The van der Waals surface area contributed by atoms with Gasteiger partial charge in [-0.3, -0.25) is 4.90 Å². The molecule has 1 saturated heterocycles. The highest BCUT2D eigenvalue weighted by molar-refractivity contribution is 4.81. The first-order valence-corrected chi connectivity index (χ1v) is 5.61. The van der Waals surface area contributed by atoms with E-state index in [1.54, 1.807) is 0 Å². The van der Waals surface area contributed by atoms with Crippen LogP contribution < -0.4 is 0 Å². The lowest BCUT2D eigenvalue weighted by Crippen LogP contribution is -2.38. The number of nitrogens with zero attached hydrogens (tertiary/aromatic N) is 1. The van der Waals surface area contributed by atoms with Crippen LogP contribution in [-0.2, 0) is 4.74 Å². The Balaban J connectivity index is 1.85. The fourth-order valence-corrected chi connectivity index (χ4v) is 2.66. The van der Waals surface area contributed by atoms with E-state index in [-0.39, 0.29) is 0 Å². The minimum Gasteiger partial charge on any atom is -0.363 e. The minimum atomic E-state index is 0.426. The molecule has 76 valence electrons. The molecule has 1 aliphatic carbocycles. The second-order valence-corrected chi connectivity index (χ2v) is 4.71. The molecular formula is C11H21NO. The highest BCUT2D eigenvalue weighted by Crippen LogP contribution is 2.30. The zero-order valence-corrected chi connectivity index (χ0v) is 8.83. The summed E-state index contributed by atoms with van der Waals surface area (Å²) in [5, 5.41) is 0. The molecule has 1 saturated carbocycles. The van der Waals surface area contributed by atoms with E-state index in [1.165, 1.54) is 32.1 Å². The van der Waals surface area contributed by atoms with Crippen molar-refractivity contribution in [1.82, 2.24) is 4.90 Å². The van der Waals surface area contributed by atoms with Crippen LogP contribution in [0.5, 0.6) is 0 Å². The normalized spacial score (nSPS) is 40.4. The maximum absolute atomic E-state index is 5.69. The van der Waals surface area contributed by atoms with Gasteiger partial charge in [-0.2, -0.15) is 0 Å². The van der Waals surface area contributed by atoms with Gasteiger partial charge < -0.3 is 4.74 Å². The van der Waals surface area contributed by atoms with Gasteiger partial charge in [-0.25, -0.2) is 0 Å². The van der Waals surface area contributed by atoms with Gasteiger partial charge >= 0.3 is 0 Å².